The Morgan fingerprint density at radius 2 is 2.15 bits per heavy atom. The zero-order valence-electron chi connectivity index (χ0n) is 12.0. The second-order valence-electron chi connectivity index (χ2n) is 5.35. The van der Waals surface area contributed by atoms with E-state index in [-0.39, 0.29) is 25.2 Å². The van der Waals surface area contributed by atoms with Crippen molar-refractivity contribution < 1.29 is 14.6 Å². The van der Waals surface area contributed by atoms with Crippen molar-refractivity contribution in [2.75, 3.05) is 19.8 Å². The molecular formula is C16H23NO3. The number of carbonyl (C=O) groups is 1. The van der Waals surface area contributed by atoms with E-state index in [9.17, 15) is 4.79 Å². The van der Waals surface area contributed by atoms with E-state index in [0.717, 1.165) is 38.0 Å². The summed E-state index contributed by atoms with van der Waals surface area (Å²) in [5, 5.41) is 8.90. The van der Waals surface area contributed by atoms with Crippen LogP contribution in [0.2, 0.25) is 0 Å². The van der Waals surface area contributed by atoms with Gasteiger partial charge in [0.25, 0.3) is 5.91 Å². The normalized spacial score (nSPS) is 18.3. The van der Waals surface area contributed by atoms with Gasteiger partial charge in [0.2, 0.25) is 0 Å². The summed E-state index contributed by atoms with van der Waals surface area (Å²) in [6.07, 6.45) is 3.72. The molecule has 0 aromatic heterocycles. The Hall–Kier alpha value is -1.55. The molecule has 0 radical (unpaired) electrons. The summed E-state index contributed by atoms with van der Waals surface area (Å²) in [5.41, 5.74) is 1.17. The van der Waals surface area contributed by atoms with E-state index in [2.05, 4.69) is 0 Å². The quantitative estimate of drug-likeness (QED) is 0.866. The minimum absolute atomic E-state index is 0.0472. The number of hydrogen-bond acceptors (Lipinski definition) is 3. The van der Waals surface area contributed by atoms with E-state index in [4.69, 9.17) is 9.84 Å². The summed E-state index contributed by atoms with van der Waals surface area (Å²) < 4.78 is 5.55. The number of benzene rings is 1. The lowest BCUT2D eigenvalue weighted by Gasteiger charge is -2.24. The van der Waals surface area contributed by atoms with E-state index in [1.165, 1.54) is 5.56 Å². The Morgan fingerprint density at radius 1 is 1.40 bits per heavy atom. The van der Waals surface area contributed by atoms with Crippen LogP contribution in [0.5, 0.6) is 5.75 Å². The molecule has 1 heterocycles. The minimum atomic E-state index is 0.0472. The van der Waals surface area contributed by atoms with Gasteiger partial charge in [0.05, 0.1) is 0 Å². The molecule has 1 amide bonds. The van der Waals surface area contributed by atoms with Crippen LogP contribution in [0.15, 0.2) is 24.3 Å². The maximum absolute atomic E-state index is 12.2. The van der Waals surface area contributed by atoms with E-state index in [1.807, 2.05) is 36.1 Å². The smallest absolute Gasteiger partial charge is 0.260 e. The number of amides is 1. The monoisotopic (exact) mass is 277 g/mol. The maximum Gasteiger partial charge on any atom is 0.260 e. The molecule has 2 rings (SSSR count). The first-order valence-electron chi connectivity index (χ1n) is 7.30. The lowest BCUT2D eigenvalue weighted by Crippen LogP contribution is -2.38. The molecule has 1 fully saturated rings. The second kappa shape index (κ2) is 7.29. The highest BCUT2D eigenvalue weighted by Gasteiger charge is 2.28. The first kappa shape index (κ1) is 14.9. The Kier molecular flexibility index (Phi) is 5.41. The van der Waals surface area contributed by atoms with Crippen molar-refractivity contribution in [2.45, 2.75) is 38.6 Å². The molecule has 1 aromatic carbocycles. The molecule has 1 saturated heterocycles. The minimum Gasteiger partial charge on any atom is -0.484 e. The van der Waals surface area contributed by atoms with Crippen LogP contribution >= 0.6 is 0 Å². The molecule has 110 valence electrons. The largest absolute Gasteiger partial charge is 0.484 e. The standard InChI is InChI=1S/C16H23NO3/c1-13-6-8-15(9-7-13)20-12-16(19)17-10-2-4-14(17)5-3-11-18/h6-9,14,18H,2-5,10-12H2,1H3. The molecule has 0 aliphatic carbocycles. The second-order valence-corrected chi connectivity index (χ2v) is 5.35. The van der Waals surface area contributed by atoms with Crippen molar-refractivity contribution in [3.63, 3.8) is 0 Å². The van der Waals surface area contributed by atoms with Crippen LogP contribution in [-0.2, 0) is 4.79 Å². The van der Waals surface area contributed by atoms with Crippen molar-refractivity contribution in [3.05, 3.63) is 29.8 Å². The van der Waals surface area contributed by atoms with Crippen molar-refractivity contribution in [1.82, 2.24) is 4.90 Å². The van der Waals surface area contributed by atoms with Crippen molar-refractivity contribution in [1.29, 1.82) is 0 Å². The molecule has 0 spiro atoms. The van der Waals surface area contributed by atoms with Gasteiger partial charge < -0.3 is 14.7 Å². The van der Waals surface area contributed by atoms with Gasteiger partial charge in [0, 0.05) is 19.2 Å². The van der Waals surface area contributed by atoms with E-state index < -0.39 is 0 Å². The third-order valence-electron chi connectivity index (χ3n) is 3.78. The van der Waals surface area contributed by atoms with Crippen LogP contribution in [0.25, 0.3) is 0 Å². The molecule has 4 heteroatoms. The van der Waals surface area contributed by atoms with E-state index in [1.54, 1.807) is 0 Å². The van der Waals surface area contributed by atoms with Crippen LogP contribution in [0.4, 0.5) is 0 Å². The van der Waals surface area contributed by atoms with Crippen LogP contribution < -0.4 is 4.74 Å². The zero-order chi connectivity index (χ0) is 14.4. The summed E-state index contributed by atoms with van der Waals surface area (Å²) in [4.78, 5) is 14.1. The molecule has 20 heavy (non-hydrogen) atoms. The van der Waals surface area contributed by atoms with Gasteiger partial charge in [0.1, 0.15) is 5.75 Å². The van der Waals surface area contributed by atoms with Crippen LogP contribution in [0, 0.1) is 6.92 Å². The number of likely N-dealkylation sites (tertiary alicyclic amines) is 1. The van der Waals surface area contributed by atoms with E-state index >= 15 is 0 Å². The number of aliphatic hydroxyl groups is 1. The number of hydrogen-bond donors (Lipinski definition) is 1. The molecule has 4 nitrogen and oxygen atoms in total. The van der Waals surface area contributed by atoms with E-state index in [0.29, 0.717) is 0 Å². The average molecular weight is 277 g/mol. The SMILES string of the molecule is Cc1ccc(OCC(=O)N2CCCC2CCCO)cc1. The van der Waals surface area contributed by atoms with Crippen LogP contribution in [0.1, 0.15) is 31.2 Å². The number of ether oxygens (including phenoxy) is 1. The summed E-state index contributed by atoms with van der Waals surface area (Å²) in [6.45, 7) is 3.12. The van der Waals surface area contributed by atoms with Gasteiger partial charge in [-0.3, -0.25) is 4.79 Å². The van der Waals surface area contributed by atoms with Gasteiger partial charge in [-0.15, -0.1) is 0 Å². The summed E-state index contributed by atoms with van der Waals surface area (Å²) >= 11 is 0. The van der Waals surface area contributed by atoms with Crippen LogP contribution in [-0.4, -0.2) is 41.7 Å². The predicted octanol–water partition coefficient (Wildman–Crippen LogP) is 2.14. The molecule has 0 bridgehead atoms. The number of aryl methyl sites for hydroxylation is 1. The molecule has 1 unspecified atom stereocenters. The lowest BCUT2D eigenvalue weighted by atomic mass is 10.1. The molecular weight excluding hydrogens is 254 g/mol. The highest BCUT2D eigenvalue weighted by Crippen LogP contribution is 2.21. The zero-order valence-corrected chi connectivity index (χ0v) is 12.0. The molecule has 1 aromatic rings. The third-order valence-corrected chi connectivity index (χ3v) is 3.78. The fraction of sp³-hybridized carbons (Fsp3) is 0.562. The van der Waals surface area contributed by atoms with Gasteiger partial charge in [-0.25, -0.2) is 0 Å². The first-order chi connectivity index (χ1) is 9.70. The summed E-state index contributed by atoms with van der Waals surface area (Å²) in [7, 11) is 0. The molecule has 1 aliphatic heterocycles. The predicted molar refractivity (Wildman–Crippen MR) is 77.7 cm³/mol. The third kappa shape index (κ3) is 3.97. The molecule has 1 N–H and O–H groups in total. The topological polar surface area (TPSA) is 49.8 Å². The number of rotatable bonds is 6. The maximum atomic E-state index is 12.2. The lowest BCUT2D eigenvalue weighted by molar-refractivity contribution is -0.134. The van der Waals surface area contributed by atoms with Crippen LogP contribution in [0.3, 0.4) is 0 Å². The van der Waals surface area contributed by atoms with Crippen molar-refractivity contribution >= 4 is 5.91 Å². The number of nitrogens with zero attached hydrogens (tertiary/aromatic N) is 1. The molecule has 0 saturated carbocycles. The Labute approximate surface area is 120 Å². The first-order valence-corrected chi connectivity index (χ1v) is 7.30. The number of aliphatic hydroxyl groups excluding tert-OH is 1. The Bertz CT molecular complexity index is 430. The Balaban J connectivity index is 1.83. The number of carbonyl (C=O) groups excluding carboxylic acids is 1. The summed E-state index contributed by atoms with van der Waals surface area (Å²) in [6, 6.07) is 7.99. The van der Waals surface area contributed by atoms with Gasteiger partial charge in [-0.05, 0) is 44.7 Å². The highest BCUT2D eigenvalue weighted by atomic mass is 16.5. The van der Waals surface area contributed by atoms with Gasteiger partial charge in [-0.1, -0.05) is 17.7 Å². The van der Waals surface area contributed by atoms with Gasteiger partial charge in [-0.2, -0.15) is 0 Å². The van der Waals surface area contributed by atoms with Crippen molar-refractivity contribution in [2.24, 2.45) is 0 Å². The van der Waals surface area contributed by atoms with Gasteiger partial charge in [0.15, 0.2) is 6.61 Å². The average Bonchev–Trinajstić information content (AvgIpc) is 2.92. The molecule has 1 aliphatic rings. The summed E-state index contributed by atoms with van der Waals surface area (Å²) in [5.74, 6) is 0.779. The highest BCUT2D eigenvalue weighted by molar-refractivity contribution is 5.78. The van der Waals surface area contributed by atoms with Crippen molar-refractivity contribution in [3.8, 4) is 5.75 Å². The Morgan fingerprint density at radius 3 is 2.85 bits per heavy atom. The van der Waals surface area contributed by atoms with Gasteiger partial charge >= 0.3 is 0 Å². The fourth-order valence-corrected chi connectivity index (χ4v) is 2.65. The fourth-order valence-electron chi connectivity index (χ4n) is 2.65. The molecule has 1 atom stereocenters.